The molecule has 0 aromatic rings. The molecular weight excluding hydrogens is 602 g/mol. The van der Waals surface area contributed by atoms with E-state index in [1.165, 1.54) is 83.5 Å². The van der Waals surface area contributed by atoms with E-state index in [2.05, 4.69) is 15.5 Å². The maximum Gasteiger partial charge on any atom is 0.0900 e. The van der Waals surface area contributed by atoms with Crippen LogP contribution in [0.5, 0.6) is 0 Å². The predicted octanol–water partition coefficient (Wildman–Crippen LogP) is 3.25. The van der Waals surface area contributed by atoms with E-state index >= 15 is 0 Å². The molecule has 3 aliphatic carbocycles. The molecule has 11 nitrogen and oxygen atoms in total. The minimum atomic E-state index is -0.669. The Labute approximate surface area is 287 Å². The number of hydrogen-bond acceptors (Lipinski definition) is 11. The van der Waals surface area contributed by atoms with E-state index < -0.39 is 24.4 Å². The van der Waals surface area contributed by atoms with Crippen molar-refractivity contribution in [1.29, 1.82) is 0 Å². The van der Waals surface area contributed by atoms with Crippen LogP contribution in [0.15, 0.2) is 0 Å². The van der Waals surface area contributed by atoms with Crippen molar-refractivity contribution < 1.29 is 39.4 Å². The molecule has 3 rings (SSSR count). The Kier molecular flexibility index (Phi) is 26.8. The lowest BCUT2D eigenvalue weighted by Crippen LogP contribution is -2.47. The SMILES string of the molecule is C.C.OC(CNC1CCCCC1)COCCOCC(O)CN(CC(O)COCCOCC(O)CNC1CCCCC1)C1CCCCC1. The second kappa shape index (κ2) is 28.3. The largest absolute Gasteiger partial charge is 0.389 e. The summed E-state index contributed by atoms with van der Waals surface area (Å²) < 4.78 is 22.5. The zero-order chi connectivity index (χ0) is 32.0. The molecule has 47 heavy (non-hydrogen) atoms. The van der Waals surface area contributed by atoms with Crippen LogP contribution in [-0.4, -0.2) is 147 Å². The maximum atomic E-state index is 10.7. The van der Waals surface area contributed by atoms with Crippen LogP contribution in [0.2, 0.25) is 0 Å². The molecule has 4 atom stereocenters. The maximum absolute atomic E-state index is 10.7. The second-order valence-corrected chi connectivity index (χ2v) is 13.6. The van der Waals surface area contributed by atoms with Gasteiger partial charge in [-0.2, -0.15) is 0 Å². The van der Waals surface area contributed by atoms with Crippen molar-refractivity contribution in [1.82, 2.24) is 15.5 Å². The summed E-state index contributed by atoms with van der Waals surface area (Å²) in [6.45, 7) is 4.36. The Hall–Kier alpha value is -0.440. The molecule has 0 saturated heterocycles. The van der Waals surface area contributed by atoms with Gasteiger partial charge in [-0.25, -0.2) is 0 Å². The van der Waals surface area contributed by atoms with Crippen molar-refractivity contribution in [2.75, 3.05) is 79.0 Å². The lowest BCUT2D eigenvalue weighted by molar-refractivity contribution is -0.0449. The van der Waals surface area contributed by atoms with Crippen molar-refractivity contribution in [3.63, 3.8) is 0 Å². The summed E-state index contributed by atoms with van der Waals surface area (Å²) in [5.41, 5.74) is 0. The Bertz CT molecular complexity index is 645. The topological polar surface area (TPSA) is 145 Å². The van der Waals surface area contributed by atoms with Gasteiger partial charge in [0.25, 0.3) is 0 Å². The van der Waals surface area contributed by atoms with Gasteiger partial charge in [-0.15, -0.1) is 0 Å². The molecule has 3 fully saturated rings. The third kappa shape index (κ3) is 21.4. The molecule has 0 radical (unpaired) electrons. The molecule has 0 aliphatic heterocycles. The number of nitrogens with zero attached hydrogens (tertiary/aromatic N) is 1. The molecule has 282 valence electrons. The molecule has 0 amide bonds. The van der Waals surface area contributed by atoms with Gasteiger partial charge in [-0.3, -0.25) is 4.90 Å². The summed E-state index contributed by atoms with van der Waals surface area (Å²) in [7, 11) is 0. The summed E-state index contributed by atoms with van der Waals surface area (Å²) >= 11 is 0. The Balaban J connectivity index is 0.00000552. The van der Waals surface area contributed by atoms with Gasteiger partial charge in [-0.05, 0) is 38.5 Å². The first-order chi connectivity index (χ1) is 22.0. The molecule has 0 bridgehead atoms. The summed E-state index contributed by atoms with van der Waals surface area (Å²) in [5.74, 6) is 0. The molecule has 0 spiro atoms. The summed E-state index contributed by atoms with van der Waals surface area (Å²) in [6.07, 6.45) is 15.8. The molecule has 0 aromatic heterocycles. The molecule has 6 N–H and O–H groups in total. The zero-order valence-corrected chi connectivity index (χ0v) is 28.0. The van der Waals surface area contributed by atoms with Crippen LogP contribution in [-0.2, 0) is 18.9 Å². The first-order valence-corrected chi connectivity index (χ1v) is 18.2. The van der Waals surface area contributed by atoms with Gasteiger partial charge < -0.3 is 50.0 Å². The van der Waals surface area contributed by atoms with E-state index in [-0.39, 0.29) is 41.3 Å². The Morgan fingerprint density at radius 1 is 0.468 bits per heavy atom. The fourth-order valence-corrected chi connectivity index (χ4v) is 6.92. The normalized spacial score (nSPS) is 21.1. The van der Waals surface area contributed by atoms with Gasteiger partial charge >= 0.3 is 0 Å². The summed E-state index contributed by atoms with van der Waals surface area (Å²) in [6, 6.07) is 1.37. The first-order valence-electron chi connectivity index (χ1n) is 18.2. The highest BCUT2D eigenvalue weighted by atomic mass is 16.5. The van der Waals surface area contributed by atoms with Gasteiger partial charge in [0.15, 0.2) is 0 Å². The third-order valence-electron chi connectivity index (χ3n) is 9.46. The smallest absolute Gasteiger partial charge is 0.0900 e. The van der Waals surface area contributed by atoms with Gasteiger partial charge in [0.05, 0.1) is 77.3 Å². The molecule has 4 unspecified atom stereocenters. The third-order valence-corrected chi connectivity index (χ3v) is 9.46. The molecule has 3 aliphatic rings. The number of aliphatic hydroxyl groups excluding tert-OH is 4. The quantitative estimate of drug-likeness (QED) is 0.0793. The highest BCUT2D eigenvalue weighted by Crippen LogP contribution is 2.23. The van der Waals surface area contributed by atoms with Crippen LogP contribution in [0.25, 0.3) is 0 Å². The average Bonchev–Trinajstić information content (AvgIpc) is 3.07. The molecule has 3 saturated carbocycles. The molecular formula is C36H75N3O8. The number of aliphatic hydroxyl groups is 4. The van der Waals surface area contributed by atoms with Crippen LogP contribution < -0.4 is 10.6 Å². The fourth-order valence-electron chi connectivity index (χ4n) is 6.92. The standard InChI is InChI=1S/C34H67N3O8.2CH4/c38-31(20-35-28-10-4-1-5-11-28)24-42-16-18-44-26-33(40)22-37(30-14-8-3-9-15-30)23-34(41)27-45-19-17-43-25-32(39)21-36-29-12-6-2-7-13-29;;/h28-36,38-41H,1-27H2;2*1H4. The van der Waals surface area contributed by atoms with Gasteiger partial charge in [0, 0.05) is 44.3 Å². The van der Waals surface area contributed by atoms with E-state index in [4.69, 9.17) is 18.9 Å². The minimum absolute atomic E-state index is 0. The monoisotopic (exact) mass is 678 g/mol. The lowest BCUT2D eigenvalue weighted by atomic mass is 9.93. The Morgan fingerprint density at radius 2 is 0.787 bits per heavy atom. The summed E-state index contributed by atoms with van der Waals surface area (Å²) in [5, 5.41) is 48.7. The van der Waals surface area contributed by atoms with Crippen LogP contribution in [0.3, 0.4) is 0 Å². The molecule has 0 heterocycles. The molecule has 0 aromatic carbocycles. The first kappa shape index (κ1) is 44.6. The van der Waals surface area contributed by atoms with Gasteiger partial charge in [0.2, 0.25) is 0 Å². The van der Waals surface area contributed by atoms with Crippen molar-refractivity contribution >= 4 is 0 Å². The van der Waals surface area contributed by atoms with E-state index in [0.717, 1.165) is 12.8 Å². The van der Waals surface area contributed by atoms with Crippen LogP contribution in [0.4, 0.5) is 0 Å². The van der Waals surface area contributed by atoms with E-state index in [1.54, 1.807) is 0 Å². The number of nitrogens with one attached hydrogen (secondary N) is 2. The number of ether oxygens (including phenoxy) is 4. The second-order valence-electron chi connectivity index (χ2n) is 13.6. The van der Waals surface area contributed by atoms with Crippen LogP contribution >= 0.6 is 0 Å². The Morgan fingerprint density at radius 3 is 1.15 bits per heavy atom. The minimum Gasteiger partial charge on any atom is -0.389 e. The van der Waals surface area contributed by atoms with E-state index in [1.807, 2.05) is 0 Å². The van der Waals surface area contributed by atoms with Crippen molar-refractivity contribution in [2.24, 2.45) is 0 Å². The van der Waals surface area contributed by atoms with E-state index in [9.17, 15) is 20.4 Å². The van der Waals surface area contributed by atoms with Gasteiger partial charge in [-0.1, -0.05) is 72.6 Å². The van der Waals surface area contributed by atoms with Crippen molar-refractivity contribution in [3.05, 3.63) is 0 Å². The van der Waals surface area contributed by atoms with E-state index in [0.29, 0.717) is 70.7 Å². The number of rotatable bonds is 25. The number of hydrogen-bond donors (Lipinski definition) is 6. The zero-order valence-electron chi connectivity index (χ0n) is 28.0. The van der Waals surface area contributed by atoms with Gasteiger partial charge in [0.1, 0.15) is 0 Å². The van der Waals surface area contributed by atoms with Crippen molar-refractivity contribution in [3.8, 4) is 0 Å². The van der Waals surface area contributed by atoms with Crippen molar-refractivity contribution in [2.45, 2.75) is 154 Å². The average molecular weight is 678 g/mol. The highest BCUT2D eigenvalue weighted by Gasteiger charge is 2.25. The predicted molar refractivity (Wildman–Crippen MR) is 189 cm³/mol. The fraction of sp³-hybridized carbons (Fsp3) is 1.00. The lowest BCUT2D eigenvalue weighted by Gasteiger charge is -2.36. The van der Waals surface area contributed by atoms with Crippen LogP contribution in [0, 0.1) is 0 Å². The summed E-state index contributed by atoms with van der Waals surface area (Å²) in [4.78, 5) is 2.19. The molecule has 11 heteroatoms. The van der Waals surface area contributed by atoms with Crippen LogP contribution in [0.1, 0.15) is 111 Å². The highest BCUT2D eigenvalue weighted by molar-refractivity contribution is 4.80.